The van der Waals surface area contributed by atoms with E-state index in [-0.39, 0.29) is 6.09 Å². The third-order valence-electron chi connectivity index (χ3n) is 6.72. The third kappa shape index (κ3) is 9.68. The number of carbonyl (C=O) groups is 1. The predicted molar refractivity (Wildman–Crippen MR) is 163 cm³/mol. The molecule has 4 aromatic rings. The molecule has 4 aromatic carbocycles. The Hall–Kier alpha value is -3.41. The molecule has 0 saturated carbocycles. The third-order valence-corrected chi connectivity index (χ3v) is 6.72. The van der Waals surface area contributed by atoms with E-state index in [1.54, 1.807) is 0 Å². The fourth-order valence-corrected chi connectivity index (χ4v) is 4.84. The van der Waals surface area contributed by atoms with Crippen LogP contribution in [0.3, 0.4) is 0 Å². The van der Waals surface area contributed by atoms with Gasteiger partial charge in [0.1, 0.15) is 5.60 Å². The molecule has 5 nitrogen and oxygen atoms in total. The van der Waals surface area contributed by atoms with Crippen LogP contribution in [0, 0.1) is 0 Å². The SMILES string of the molecule is CC(C)(C)OC(=O)NCCCCNCCCN(Cc1ccc2ccccc2c1)Cc1ccc2ccccc2c1. The molecule has 0 aliphatic rings. The minimum absolute atomic E-state index is 0.339. The first kappa shape index (κ1) is 28.6. The summed E-state index contributed by atoms with van der Waals surface area (Å²) in [6.07, 6.45) is 2.70. The summed E-state index contributed by atoms with van der Waals surface area (Å²) in [4.78, 5) is 14.3. The molecule has 0 heterocycles. The predicted octanol–water partition coefficient (Wildman–Crippen LogP) is 7.28. The molecule has 0 atom stereocenters. The largest absolute Gasteiger partial charge is 0.444 e. The first-order valence-corrected chi connectivity index (χ1v) is 14.2. The number of nitrogens with zero attached hydrogens (tertiary/aromatic N) is 1. The maximum atomic E-state index is 11.7. The van der Waals surface area contributed by atoms with E-state index in [1.807, 2.05) is 20.8 Å². The van der Waals surface area contributed by atoms with Gasteiger partial charge in [-0.05, 0) is 97.9 Å². The van der Waals surface area contributed by atoms with Crippen molar-refractivity contribution in [1.82, 2.24) is 15.5 Å². The average Bonchev–Trinajstić information content (AvgIpc) is 2.91. The number of nitrogens with one attached hydrogen (secondary N) is 2. The molecule has 0 saturated heterocycles. The van der Waals surface area contributed by atoms with Crippen molar-refractivity contribution >= 4 is 27.6 Å². The molecule has 4 rings (SSSR count). The van der Waals surface area contributed by atoms with Gasteiger partial charge in [-0.3, -0.25) is 4.90 Å². The normalized spacial score (nSPS) is 11.8. The maximum absolute atomic E-state index is 11.7. The van der Waals surface area contributed by atoms with Crippen LogP contribution >= 0.6 is 0 Å². The van der Waals surface area contributed by atoms with Crippen molar-refractivity contribution in [2.24, 2.45) is 0 Å². The average molecular weight is 526 g/mol. The summed E-state index contributed by atoms with van der Waals surface area (Å²) in [5, 5.41) is 11.6. The molecule has 0 spiro atoms. The number of unbranched alkanes of at least 4 members (excludes halogenated alkanes) is 1. The van der Waals surface area contributed by atoms with E-state index in [2.05, 4.69) is 100 Å². The summed E-state index contributed by atoms with van der Waals surface area (Å²) >= 11 is 0. The summed E-state index contributed by atoms with van der Waals surface area (Å²) < 4.78 is 5.28. The van der Waals surface area contributed by atoms with E-state index in [0.717, 1.165) is 52.0 Å². The summed E-state index contributed by atoms with van der Waals surface area (Å²) in [5.74, 6) is 0. The summed E-state index contributed by atoms with van der Waals surface area (Å²) in [7, 11) is 0. The summed E-state index contributed by atoms with van der Waals surface area (Å²) in [5.41, 5.74) is 2.24. The Bertz CT molecular complexity index is 1260. The van der Waals surface area contributed by atoms with E-state index in [1.165, 1.54) is 32.7 Å². The zero-order valence-electron chi connectivity index (χ0n) is 23.7. The molecule has 1 amide bonds. The molecule has 0 fully saturated rings. The van der Waals surface area contributed by atoms with Gasteiger partial charge in [0.05, 0.1) is 0 Å². The standard InChI is InChI=1S/C34H43N3O2/c1-34(2,3)39-33(38)36-21-9-8-19-35-20-10-22-37(25-27-15-17-29-11-4-6-13-31(29)23-27)26-28-16-18-30-12-5-7-14-32(30)24-28/h4-7,11-18,23-24,35H,8-10,19-22,25-26H2,1-3H3,(H,36,38). The highest BCUT2D eigenvalue weighted by Crippen LogP contribution is 2.20. The number of hydrogen-bond donors (Lipinski definition) is 2. The molecule has 0 bridgehead atoms. The Kier molecular flexibility index (Phi) is 10.3. The number of alkyl carbamates (subject to hydrolysis) is 1. The monoisotopic (exact) mass is 525 g/mol. The number of carbonyl (C=O) groups excluding carboxylic acids is 1. The van der Waals surface area contributed by atoms with Crippen LogP contribution < -0.4 is 10.6 Å². The Morgan fingerprint density at radius 3 is 1.77 bits per heavy atom. The van der Waals surface area contributed by atoms with Crippen molar-refractivity contribution in [3.8, 4) is 0 Å². The van der Waals surface area contributed by atoms with E-state index >= 15 is 0 Å². The molecule has 39 heavy (non-hydrogen) atoms. The van der Waals surface area contributed by atoms with Gasteiger partial charge in [-0.25, -0.2) is 4.79 Å². The lowest BCUT2D eigenvalue weighted by Crippen LogP contribution is -2.33. The van der Waals surface area contributed by atoms with Gasteiger partial charge in [-0.1, -0.05) is 72.8 Å². The lowest BCUT2D eigenvalue weighted by Gasteiger charge is -2.23. The van der Waals surface area contributed by atoms with Gasteiger partial charge in [-0.15, -0.1) is 0 Å². The van der Waals surface area contributed by atoms with Gasteiger partial charge in [-0.2, -0.15) is 0 Å². The Balaban J connectivity index is 1.26. The Morgan fingerprint density at radius 1 is 0.692 bits per heavy atom. The second-order valence-electron chi connectivity index (χ2n) is 11.3. The highest BCUT2D eigenvalue weighted by molar-refractivity contribution is 5.83. The van der Waals surface area contributed by atoms with Gasteiger partial charge in [0, 0.05) is 26.2 Å². The van der Waals surface area contributed by atoms with Crippen molar-refractivity contribution in [1.29, 1.82) is 0 Å². The van der Waals surface area contributed by atoms with E-state index in [4.69, 9.17) is 4.74 Å². The molecule has 0 aromatic heterocycles. The van der Waals surface area contributed by atoms with Gasteiger partial charge >= 0.3 is 6.09 Å². The Labute approximate surface area is 233 Å². The van der Waals surface area contributed by atoms with Gasteiger partial charge in [0.25, 0.3) is 0 Å². The molecular weight excluding hydrogens is 482 g/mol. The van der Waals surface area contributed by atoms with Crippen LogP contribution in [-0.2, 0) is 17.8 Å². The molecular formula is C34H43N3O2. The van der Waals surface area contributed by atoms with Crippen molar-refractivity contribution < 1.29 is 9.53 Å². The molecule has 0 aliphatic heterocycles. The van der Waals surface area contributed by atoms with Crippen molar-refractivity contribution in [2.75, 3.05) is 26.2 Å². The fourth-order valence-electron chi connectivity index (χ4n) is 4.84. The first-order chi connectivity index (χ1) is 18.9. The van der Waals surface area contributed by atoms with Crippen LogP contribution in [0.5, 0.6) is 0 Å². The van der Waals surface area contributed by atoms with Gasteiger partial charge < -0.3 is 15.4 Å². The molecule has 0 radical (unpaired) electrons. The molecule has 206 valence electrons. The van der Waals surface area contributed by atoms with E-state index in [0.29, 0.717) is 6.54 Å². The van der Waals surface area contributed by atoms with Crippen LogP contribution in [0.4, 0.5) is 4.79 Å². The number of rotatable bonds is 13. The highest BCUT2D eigenvalue weighted by atomic mass is 16.6. The zero-order chi connectivity index (χ0) is 27.5. The topological polar surface area (TPSA) is 53.6 Å². The number of hydrogen-bond acceptors (Lipinski definition) is 4. The molecule has 5 heteroatoms. The molecule has 0 unspecified atom stereocenters. The van der Waals surface area contributed by atoms with E-state index in [9.17, 15) is 4.79 Å². The smallest absolute Gasteiger partial charge is 0.407 e. The van der Waals surface area contributed by atoms with Gasteiger partial charge in [0.15, 0.2) is 0 Å². The lowest BCUT2D eigenvalue weighted by molar-refractivity contribution is 0.0527. The molecule has 0 aliphatic carbocycles. The van der Waals surface area contributed by atoms with Gasteiger partial charge in [0.2, 0.25) is 0 Å². The quantitative estimate of drug-likeness (QED) is 0.180. The highest BCUT2D eigenvalue weighted by Gasteiger charge is 2.15. The number of fused-ring (bicyclic) bond motifs is 2. The van der Waals surface area contributed by atoms with Crippen molar-refractivity contribution in [3.05, 3.63) is 96.1 Å². The van der Waals surface area contributed by atoms with Crippen LogP contribution in [0.15, 0.2) is 84.9 Å². The van der Waals surface area contributed by atoms with E-state index < -0.39 is 5.60 Å². The summed E-state index contributed by atoms with van der Waals surface area (Å²) in [6, 6.07) is 30.8. The van der Waals surface area contributed by atoms with Crippen LogP contribution in [0.25, 0.3) is 21.5 Å². The van der Waals surface area contributed by atoms with Crippen LogP contribution in [-0.4, -0.2) is 42.8 Å². The lowest BCUT2D eigenvalue weighted by atomic mass is 10.1. The molecule has 2 N–H and O–H groups in total. The number of ether oxygens (including phenoxy) is 1. The van der Waals surface area contributed by atoms with Crippen molar-refractivity contribution in [2.45, 2.75) is 58.7 Å². The second-order valence-corrected chi connectivity index (χ2v) is 11.3. The number of amides is 1. The van der Waals surface area contributed by atoms with Crippen LogP contribution in [0.2, 0.25) is 0 Å². The fraction of sp³-hybridized carbons (Fsp3) is 0.382. The van der Waals surface area contributed by atoms with Crippen LogP contribution in [0.1, 0.15) is 51.2 Å². The minimum Gasteiger partial charge on any atom is -0.444 e. The number of benzene rings is 4. The van der Waals surface area contributed by atoms with Crippen molar-refractivity contribution in [3.63, 3.8) is 0 Å². The zero-order valence-corrected chi connectivity index (χ0v) is 23.7. The summed E-state index contributed by atoms with van der Waals surface area (Å²) in [6.45, 7) is 11.1. The first-order valence-electron chi connectivity index (χ1n) is 14.2. The Morgan fingerprint density at radius 2 is 1.21 bits per heavy atom. The minimum atomic E-state index is -0.456. The second kappa shape index (κ2) is 14.1. The maximum Gasteiger partial charge on any atom is 0.407 e.